The standard InChI is InChI=1S/C15H26IN/c1-2-3-4-13-9-11-17(12-10-13)15-7-5-14(16)6-8-15/h2,13-15H,1,3-12H2. The number of hydrogen-bond acceptors (Lipinski definition) is 1. The average molecular weight is 347 g/mol. The zero-order valence-electron chi connectivity index (χ0n) is 10.9. The van der Waals surface area contributed by atoms with E-state index in [1.54, 1.807) is 0 Å². The van der Waals surface area contributed by atoms with Gasteiger partial charge in [0.1, 0.15) is 0 Å². The lowest BCUT2D eigenvalue weighted by Gasteiger charge is -2.40. The van der Waals surface area contributed by atoms with Crippen LogP contribution in [0.1, 0.15) is 51.4 Å². The lowest BCUT2D eigenvalue weighted by molar-refractivity contribution is 0.106. The molecule has 0 unspecified atom stereocenters. The average Bonchev–Trinajstić information content (AvgIpc) is 2.38. The highest BCUT2D eigenvalue weighted by molar-refractivity contribution is 14.1. The molecule has 1 heterocycles. The van der Waals surface area contributed by atoms with Crippen LogP contribution in [-0.4, -0.2) is 28.0 Å². The number of allylic oxidation sites excluding steroid dienone is 1. The van der Waals surface area contributed by atoms with Gasteiger partial charge in [0.15, 0.2) is 0 Å². The first-order chi connectivity index (χ1) is 8.29. The van der Waals surface area contributed by atoms with E-state index >= 15 is 0 Å². The highest BCUT2D eigenvalue weighted by atomic mass is 127. The summed E-state index contributed by atoms with van der Waals surface area (Å²) < 4.78 is 0.953. The largest absolute Gasteiger partial charge is 0.300 e. The molecular weight excluding hydrogens is 321 g/mol. The van der Waals surface area contributed by atoms with Crippen molar-refractivity contribution in [1.29, 1.82) is 0 Å². The van der Waals surface area contributed by atoms with Crippen LogP contribution in [0.25, 0.3) is 0 Å². The Morgan fingerprint density at radius 1 is 1.06 bits per heavy atom. The van der Waals surface area contributed by atoms with Gasteiger partial charge in [0.05, 0.1) is 0 Å². The third-order valence-electron chi connectivity index (χ3n) is 4.57. The zero-order valence-corrected chi connectivity index (χ0v) is 13.1. The number of halogens is 1. The molecule has 2 fully saturated rings. The maximum Gasteiger partial charge on any atom is 0.0111 e. The molecular formula is C15H26IN. The molecule has 2 heteroatoms. The van der Waals surface area contributed by atoms with Gasteiger partial charge in [-0.3, -0.25) is 0 Å². The number of piperidine rings is 1. The molecule has 1 saturated carbocycles. The molecule has 0 amide bonds. The Hall–Kier alpha value is 0.430. The van der Waals surface area contributed by atoms with Crippen molar-refractivity contribution in [1.82, 2.24) is 4.90 Å². The minimum absolute atomic E-state index is 0.918. The first-order valence-electron chi connectivity index (χ1n) is 7.28. The van der Waals surface area contributed by atoms with Crippen LogP contribution in [0, 0.1) is 5.92 Å². The second kappa shape index (κ2) is 7.13. The lowest BCUT2D eigenvalue weighted by atomic mass is 9.88. The number of hydrogen-bond donors (Lipinski definition) is 0. The number of alkyl halides is 1. The SMILES string of the molecule is C=CCCC1CCN(C2CCC(I)CC2)CC1. The summed E-state index contributed by atoms with van der Waals surface area (Å²) in [6.07, 6.45) is 13.3. The van der Waals surface area contributed by atoms with E-state index in [4.69, 9.17) is 0 Å². The van der Waals surface area contributed by atoms with Gasteiger partial charge in [-0.15, -0.1) is 6.58 Å². The van der Waals surface area contributed by atoms with Crippen LogP contribution in [0.3, 0.4) is 0 Å². The van der Waals surface area contributed by atoms with Gasteiger partial charge < -0.3 is 4.90 Å². The van der Waals surface area contributed by atoms with Crippen molar-refractivity contribution in [2.75, 3.05) is 13.1 Å². The molecule has 0 aromatic rings. The summed E-state index contributed by atoms with van der Waals surface area (Å²) in [6.45, 7) is 6.55. The molecule has 17 heavy (non-hydrogen) atoms. The van der Waals surface area contributed by atoms with E-state index in [9.17, 15) is 0 Å². The predicted octanol–water partition coefficient (Wildman–Crippen LogP) is 4.41. The number of rotatable bonds is 4. The maximum absolute atomic E-state index is 3.83. The molecule has 0 aromatic carbocycles. The van der Waals surface area contributed by atoms with Gasteiger partial charge in [0.2, 0.25) is 0 Å². The van der Waals surface area contributed by atoms with Crippen molar-refractivity contribution in [3.05, 3.63) is 12.7 Å². The minimum atomic E-state index is 0.918. The molecule has 0 N–H and O–H groups in total. The van der Waals surface area contributed by atoms with Crippen molar-refractivity contribution in [3.8, 4) is 0 Å². The minimum Gasteiger partial charge on any atom is -0.300 e. The van der Waals surface area contributed by atoms with Crippen LogP contribution < -0.4 is 0 Å². The van der Waals surface area contributed by atoms with Crippen molar-refractivity contribution < 1.29 is 0 Å². The third-order valence-corrected chi connectivity index (χ3v) is 5.82. The molecule has 2 rings (SSSR count). The van der Waals surface area contributed by atoms with E-state index in [1.807, 2.05) is 0 Å². The molecule has 1 aliphatic carbocycles. The first kappa shape index (κ1) is 13.9. The molecule has 0 atom stereocenters. The zero-order chi connectivity index (χ0) is 12.1. The molecule has 0 radical (unpaired) electrons. The van der Waals surface area contributed by atoms with E-state index in [0.29, 0.717) is 0 Å². The molecule has 2 aliphatic rings. The normalized spacial score (nSPS) is 32.5. The van der Waals surface area contributed by atoms with E-state index in [1.165, 1.54) is 64.5 Å². The summed E-state index contributed by atoms with van der Waals surface area (Å²) in [5.41, 5.74) is 0. The summed E-state index contributed by atoms with van der Waals surface area (Å²) in [6, 6.07) is 0.918. The highest BCUT2D eigenvalue weighted by Crippen LogP contribution is 2.31. The summed E-state index contributed by atoms with van der Waals surface area (Å²) in [4.78, 5) is 2.78. The van der Waals surface area contributed by atoms with Crippen LogP contribution in [0.2, 0.25) is 0 Å². The molecule has 0 aromatic heterocycles. The fourth-order valence-corrected chi connectivity index (χ4v) is 4.08. The van der Waals surface area contributed by atoms with Gasteiger partial charge in [0.25, 0.3) is 0 Å². The van der Waals surface area contributed by atoms with Crippen LogP contribution in [-0.2, 0) is 0 Å². The van der Waals surface area contributed by atoms with Gasteiger partial charge in [-0.1, -0.05) is 28.7 Å². The summed E-state index contributed by atoms with van der Waals surface area (Å²) in [5, 5.41) is 0. The Balaban J connectivity index is 1.69. The van der Waals surface area contributed by atoms with E-state index in [2.05, 4.69) is 40.1 Å². The Kier molecular flexibility index (Phi) is 5.81. The molecule has 1 aliphatic heterocycles. The predicted molar refractivity (Wildman–Crippen MR) is 83.8 cm³/mol. The number of likely N-dealkylation sites (tertiary alicyclic amines) is 1. The van der Waals surface area contributed by atoms with Crippen molar-refractivity contribution in [2.45, 2.75) is 61.3 Å². The quantitative estimate of drug-likeness (QED) is 0.414. The molecule has 0 spiro atoms. The maximum atomic E-state index is 3.83. The molecule has 1 saturated heterocycles. The molecule has 98 valence electrons. The van der Waals surface area contributed by atoms with Crippen LogP contribution in [0.15, 0.2) is 12.7 Å². The fraction of sp³-hybridized carbons (Fsp3) is 0.867. The monoisotopic (exact) mass is 347 g/mol. The van der Waals surface area contributed by atoms with Crippen molar-refractivity contribution in [2.24, 2.45) is 5.92 Å². The van der Waals surface area contributed by atoms with Gasteiger partial charge in [0, 0.05) is 9.97 Å². The van der Waals surface area contributed by atoms with Gasteiger partial charge in [-0.25, -0.2) is 0 Å². The summed E-state index contributed by atoms with van der Waals surface area (Å²) in [5.74, 6) is 0.977. The third kappa shape index (κ3) is 4.23. The lowest BCUT2D eigenvalue weighted by Crippen LogP contribution is -2.43. The molecule has 1 nitrogen and oxygen atoms in total. The molecule has 0 bridgehead atoms. The second-order valence-corrected chi connectivity index (χ2v) is 7.51. The Labute approximate surface area is 120 Å². The van der Waals surface area contributed by atoms with E-state index in [-0.39, 0.29) is 0 Å². The van der Waals surface area contributed by atoms with E-state index < -0.39 is 0 Å². The smallest absolute Gasteiger partial charge is 0.0111 e. The number of nitrogens with zero attached hydrogens (tertiary/aromatic N) is 1. The Bertz CT molecular complexity index is 225. The van der Waals surface area contributed by atoms with Crippen LogP contribution >= 0.6 is 22.6 Å². The second-order valence-electron chi connectivity index (χ2n) is 5.75. The van der Waals surface area contributed by atoms with Gasteiger partial charge in [-0.05, 0) is 70.4 Å². The van der Waals surface area contributed by atoms with E-state index in [0.717, 1.165) is 15.9 Å². The topological polar surface area (TPSA) is 3.24 Å². The Morgan fingerprint density at radius 2 is 1.71 bits per heavy atom. The Morgan fingerprint density at radius 3 is 2.29 bits per heavy atom. The summed E-state index contributed by atoms with van der Waals surface area (Å²) in [7, 11) is 0. The van der Waals surface area contributed by atoms with Crippen molar-refractivity contribution in [3.63, 3.8) is 0 Å². The van der Waals surface area contributed by atoms with Gasteiger partial charge >= 0.3 is 0 Å². The fourth-order valence-electron chi connectivity index (χ4n) is 3.36. The van der Waals surface area contributed by atoms with Crippen LogP contribution in [0.4, 0.5) is 0 Å². The van der Waals surface area contributed by atoms with Crippen LogP contribution in [0.5, 0.6) is 0 Å². The first-order valence-corrected chi connectivity index (χ1v) is 8.53. The summed E-state index contributed by atoms with van der Waals surface area (Å²) >= 11 is 2.63. The van der Waals surface area contributed by atoms with Gasteiger partial charge in [-0.2, -0.15) is 0 Å². The highest BCUT2D eigenvalue weighted by Gasteiger charge is 2.27. The van der Waals surface area contributed by atoms with Crippen molar-refractivity contribution >= 4 is 22.6 Å².